The number of hydrogen-bond donors (Lipinski definition) is 2. The molecule has 3 N–H and O–H groups in total. The van der Waals surface area contributed by atoms with Gasteiger partial charge in [0.1, 0.15) is 6.04 Å². The number of carbonyl (C=O) groups is 2. The maximum Gasteiger partial charge on any atom is 0.240 e. The fourth-order valence-corrected chi connectivity index (χ4v) is 2.86. The number of nitrogens with two attached hydrogens (primary N) is 1. The fourth-order valence-electron chi connectivity index (χ4n) is 2.86. The highest BCUT2D eigenvalue weighted by Gasteiger charge is 2.27. The molecule has 23 heavy (non-hydrogen) atoms. The maximum absolute atomic E-state index is 12.2. The smallest absolute Gasteiger partial charge is 0.240 e. The van der Waals surface area contributed by atoms with Gasteiger partial charge in [-0.15, -0.1) is 0 Å². The summed E-state index contributed by atoms with van der Waals surface area (Å²) < 4.78 is 5.21. The zero-order valence-corrected chi connectivity index (χ0v) is 12.8. The number of ether oxygens (including phenoxy) is 1. The van der Waals surface area contributed by atoms with E-state index in [4.69, 9.17) is 10.5 Å². The first kappa shape index (κ1) is 15.5. The van der Waals surface area contributed by atoms with E-state index in [-0.39, 0.29) is 11.8 Å². The third-order valence-corrected chi connectivity index (χ3v) is 4.21. The highest BCUT2D eigenvalue weighted by molar-refractivity contribution is 5.88. The van der Waals surface area contributed by atoms with Gasteiger partial charge in [-0.1, -0.05) is 42.5 Å². The van der Waals surface area contributed by atoms with Crippen molar-refractivity contribution in [3.8, 4) is 0 Å². The summed E-state index contributed by atoms with van der Waals surface area (Å²) in [4.78, 5) is 23.9. The maximum atomic E-state index is 12.2. The molecule has 1 saturated heterocycles. The lowest BCUT2D eigenvalue weighted by Crippen LogP contribution is -2.48. The molecule has 1 aliphatic rings. The van der Waals surface area contributed by atoms with Crippen molar-refractivity contribution in [2.45, 2.75) is 18.9 Å². The number of benzene rings is 2. The van der Waals surface area contributed by atoms with Crippen LogP contribution in [0, 0.1) is 5.92 Å². The van der Waals surface area contributed by atoms with Crippen LogP contribution in [0.2, 0.25) is 0 Å². The lowest BCUT2D eigenvalue weighted by atomic mass is 10.0. The van der Waals surface area contributed by atoms with E-state index in [1.807, 2.05) is 42.5 Å². The summed E-state index contributed by atoms with van der Waals surface area (Å²) in [7, 11) is 0. The van der Waals surface area contributed by atoms with Gasteiger partial charge >= 0.3 is 0 Å². The van der Waals surface area contributed by atoms with Crippen LogP contribution < -0.4 is 11.1 Å². The van der Waals surface area contributed by atoms with Gasteiger partial charge in [0.05, 0.1) is 12.5 Å². The Morgan fingerprint density at radius 3 is 2.70 bits per heavy atom. The van der Waals surface area contributed by atoms with Crippen LogP contribution in [-0.4, -0.2) is 31.1 Å². The average Bonchev–Trinajstić information content (AvgIpc) is 3.08. The van der Waals surface area contributed by atoms with Crippen molar-refractivity contribution in [2.75, 3.05) is 13.2 Å². The third kappa shape index (κ3) is 3.68. The van der Waals surface area contributed by atoms with Crippen LogP contribution in [0.3, 0.4) is 0 Å². The molecule has 2 amide bonds. The molecule has 5 heteroatoms. The number of fused-ring (bicyclic) bond motifs is 1. The second-order valence-corrected chi connectivity index (χ2v) is 5.91. The van der Waals surface area contributed by atoms with E-state index in [0.717, 1.165) is 16.3 Å². The molecule has 2 aromatic rings. The summed E-state index contributed by atoms with van der Waals surface area (Å²) in [6.45, 7) is 0.997. The van der Waals surface area contributed by atoms with Gasteiger partial charge in [-0.05, 0) is 22.8 Å². The monoisotopic (exact) mass is 312 g/mol. The summed E-state index contributed by atoms with van der Waals surface area (Å²) in [5, 5.41) is 5.00. The predicted molar refractivity (Wildman–Crippen MR) is 87.7 cm³/mol. The van der Waals surface area contributed by atoms with Gasteiger partial charge < -0.3 is 15.8 Å². The standard InChI is InChI=1S/C18H20N2O3/c19-17(21)16(20-18(22)15-7-8-23-11-15)10-12-5-6-13-3-1-2-4-14(13)9-12/h1-6,9,15-16H,7-8,10-11H2,(H2,19,21)(H,20,22)/t15-,16+/m1/s1. The Hall–Kier alpha value is -2.40. The second-order valence-electron chi connectivity index (χ2n) is 5.91. The Labute approximate surface area is 134 Å². The molecule has 5 nitrogen and oxygen atoms in total. The van der Waals surface area contributed by atoms with E-state index in [0.29, 0.717) is 26.1 Å². The van der Waals surface area contributed by atoms with Gasteiger partial charge in [-0.2, -0.15) is 0 Å². The first-order valence-corrected chi connectivity index (χ1v) is 7.78. The Bertz CT molecular complexity index is 723. The molecule has 0 saturated carbocycles. The van der Waals surface area contributed by atoms with Crippen LogP contribution in [0.1, 0.15) is 12.0 Å². The van der Waals surface area contributed by atoms with Crippen molar-refractivity contribution in [3.63, 3.8) is 0 Å². The van der Waals surface area contributed by atoms with Gasteiger partial charge in [-0.25, -0.2) is 0 Å². The lowest BCUT2D eigenvalue weighted by Gasteiger charge is -2.18. The molecule has 0 bridgehead atoms. The van der Waals surface area contributed by atoms with E-state index >= 15 is 0 Å². The van der Waals surface area contributed by atoms with Gasteiger partial charge in [0.15, 0.2) is 0 Å². The zero-order chi connectivity index (χ0) is 16.2. The number of rotatable bonds is 5. The van der Waals surface area contributed by atoms with Crippen LogP contribution >= 0.6 is 0 Å². The summed E-state index contributed by atoms with van der Waals surface area (Å²) >= 11 is 0. The molecule has 0 aliphatic carbocycles. The van der Waals surface area contributed by atoms with E-state index in [1.165, 1.54) is 0 Å². The van der Waals surface area contributed by atoms with Crippen molar-refractivity contribution in [1.82, 2.24) is 5.32 Å². The van der Waals surface area contributed by atoms with Crippen LogP contribution in [0.15, 0.2) is 42.5 Å². The Kier molecular flexibility index (Phi) is 4.57. The van der Waals surface area contributed by atoms with Crippen LogP contribution in [0.25, 0.3) is 10.8 Å². The number of primary amides is 1. The normalized spacial score (nSPS) is 18.7. The Morgan fingerprint density at radius 2 is 2.00 bits per heavy atom. The lowest BCUT2D eigenvalue weighted by molar-refractivity contribution is -0.129. The predicted octanol–water partition coefficient (Wildman–Crippen LogP) is 1.39. The van der Waals surface area contributed by atoms with E-state index in [9.17, 15) is 9.59 Å². The van der Waals surface area contributed by atoms with Crippen LogP contribution in [0.4, 0.5) is 0 Å². The molecular weight excluding hydrogens is 292 g/mol. The van der Waals surface area contributed by atoms with Gasteiger partial charge in [0.25, 0.3) is 0 Å². The molecule has 2 atom stereocenters. The molecule has 1 fully saturated rings. The second kappa shape index (κ2) is 6.79. The molecule has 0 aromatic heterocycles. The van der Waals surface area contributed by atoms with E-state index < -0.39 is 11.9 Å². The fraction of sp³-hybridized carbons (Fsp3) is 0.333. The third-order valence-electron chi connectivity index (χ3n) is 4.21. The molecule has 1 aliphatic heterocycles. The molecule has 0 radical (unpaired) electrons. The first-order chi connectivity index (χ1) is 11.1. The largest absolute Gasteiger partial charge is 0.381 e. The van der Waals surface area contributed by atoms with E-state index in [2.05, 4.69) is 5.32 Å². The van der Waals surface area contributed by atoms with Crippen molar-refractivity contribution >= 4 is 22.6 Å². The first-order valence-electron chi connectivity index (χ1n) is 7.78. The average molecular weight is 312 g/mol. The molecule has 0 spiro atoms. The summed E-state index contributed by atoms with van der Waals surface area (Å²) in [6.07, 6.45) is 1.08. The number of nitrogens with one attached hydrogen (secondary N) is 1. The minimum atomic E-state index is -0.704. The molecule has 2 aromatic carbocycles. The molecule has 1 heterocycles. The highest BCUT2D eigenvalue weighted by atomic mass is 16.5. The van der Waals surface area contributed by atoms with Gasteiger partial charge in [0.2, 0.25) is 11.8 Å². The Balaban J connectivity index is 1.72. The zero-order valence-electron chi connectivity index (χ0n) is 12.8. The Morgan fingerprint density at radius 1 is 1.22 bits per heavy atom. The van der Waals surface area contributed by atoms with Crippen molar-refractivity contribution in [2.24, 2.45) is 11.7 Å². The summed E-state index contributed by atoms with van der Waals surface area (Å²) in [6, 6.07) is 13.3. The molecule has 120 valence electrons. The molecule has 0 unspecified atom stereocenters. The number of amides is 2. The SMILES string of the molecule is NC(=O)[C@H](Cc1ccc2ccccc2c1)NC(=O)[C@@H]1CCOC1. The molecular formula is C18H20N2O3. The van der Waals surface area contributed by atoms with E-state index in [1.54, 1.807) is 0 Å². The number of hydrogen-bond acceptors (Lipinski definition) is 3. The van der Waals surface area contributed by atoms with Crippen molar-refractivity contribution < 1.29 is 14.3 Å². The van der Waals surface area contributed by atoms with Crippen molar-refractivity contribution in [1.29, 1.82) is 0 Å². The highest BCUT2D eigenvalue weighted by Crippen LogP contribution is 2.17. The van der Waals surface area contributed by atoms with Crippen LogP contribution in [-0.2, 0) is 20.7 Å². The summed E-state index contributed by atoms with van der Waals surface area (Å²) in [5.41, 5.74) is 6.43. The van der Waals surface area contributed by atoms with Gasteiger partial charge in [0, 0.05) is 13.0 Å². The minimum absolute atomic E-state index is 0.160. The van der Waals surface area contributed by atoms with Crippen LogP contribution in [0.5, 0.6) is 0 Å². The topological polar surface area (TPSA) is 81.4 Å². The van der Waals surface area contributed by atoms with Gasteiger partial charge in [-0.3, -0.25) is 9.59 Å². The number of carbonyl (C=O) groups excluding carboxylic acids is 2. The molecule has 3 rings (SSSR count). The minimum Gasteiger partial charge on any atom is -0.381 e. The summed E-state index contributed by atoms with van der Waals surface area (Å²) in [5.74, 6) is -0.869. The van der Waals surface area contributed by atoms with Crippen molar-refractivity contribution in [3.05, 3.63) is 48.0 Å². The quantitative estimate of drug-likeness (QED) is 0.875.